The molecule has 0 bridgehead atoms. The van der Waals surface area contributed by atoms with Gasteiger partial charge in [0.2, 0.25) is 0 Å². The zero-order chi connectivity index (χ0) is 14.1. The topological polar surface area (TPSA) is 58.6 Å². The van der Waals surface area contributed by atoms with E-state index in [1.165, 1.54) is 0 Å². The Bertz CT molecular complexity index is 719. The summed E-state index contributed by atoms with van der Waals surface area (Å²) in [6.07, 6.45) is 0.840. The number of rotatable bonds is 2. The number of aliphatic hydroxyl groups is 1. The van der Waals surface area contributed by atoms with Gasteiger partial charge in [-0.1, -0.05) is 24.3 Å². The molecule has 0 spiro atoms. The van der Waals surface area contributed by atoms with Crippen LogP contribution in [0.3, 0.4) is 0 Å². The molecule has 0 fully saturated rings. The quantitative estimate of drug-likeness (QED) is 0.649. The van der Waals surface area contributed by atoms with Crippen LogP contribution < -0.4 is 10.1 Å². The maximum atomic E-state index is 11.7. The second-order valence-corrected chi connectivity index (χ2v) is 4.49. The van der Waals surface area contributed by atoms with Gasteiger partial charge in [0.1, 0.15) is 5.75 Å². The first-order valence-corrected chi connectivity index (χ1v) is 6.17. The van der Waals surface area contributed by atoms with E-state index in [0.717, 1.165) is 23.1 Å². The molecule has 1 heterocycles. The number of benzene rings is 2. The highest BCUT2D eigenvalue weighted by Crippen LogP contribution is 2.35. The molecule has 1 aliphatic rings. The number of aliphatic hydroxyl groups excluding tert-OH is 1. The number of ether oxygens (including phenoxy) is 1. The van der Waals surface area contributed by atoms with Crippen LogP contribution >= 0.6 is 0 Å². The normalized spacial score (nSPS) is 15.1. The average molecular weight is 267 g/mol. The highest BCUT2D eigenvalue weighted by atomic mass is 16.5. The molecule has 2 aromatic rings. The van der Waals surface area contributed by atoms with Gasteiger partial charge in [0.25, 0.3) is 5.91 Å². The van der Waals surface area contributed by atoms with Crippen molar-refractivity contribution in [2.24, 2.45) is 0 Å². The molecule has 1 aliphatic heterocycles. The fourth-order valence-electron chi connectivity index (χ4n) is 2.30. The SMILES string of the molecule is COc1cccc(-c2ccc3c(c2)NC(=O)/C3=C\O)c1. The maximum Gasteiger partial charge on any atom is 0.259 e. The van der Waals surface area contributed by atoms with Crippen molar-refractivity contribution in [1.29, 1.82) is 0 Å². The summed E-state index contributed by atoms with van der Waals surface area (Å²) < 4.78 is 5.21. The number of hydrogen-bond donors (Lipinski definition) is 2. The molecule has 1 amide bonds. The zero-order valence-electron chi connectivity index (χ0n) is 10.9. The minimum absolute atomic E-state index is 0.287. The van der Waals surface area contributed by atoms with Crippen molar-refractivity contribution in [3.63, 3.8) is 0 Å². The van der Waals surface area contributed by atoms with Crippen LogP contribution in [0.15, 0.2) is 48.7 Å². The summed E-state index contributed by atoms with van der Waals surface area (Å²) >= 11 is 0. The minimum Gasteiger partial charge on any atom is -0.515 e. The molecule has 0 radical (unpaired) electrons. The molecular weight excluding hydrogens is 254 g/mol. The minimum atomic E-state index is -0.287. The number of methoxy groups -OCH3 is 1. The maximum absolute atomic E-state index is 11.7. The predicted molar refractivity (Wildman–Crippen MR) is 77.7 cm³/mol. The summed E-state index contributed by atoms with van der Waals surface area (Å²) in [5, 5.41) is 11.8. The van der Waals surface area contributed by atoms with E-state index in [1.807, 2.05) is 42.5 Å². The number of carbonyl (C=O) groups excluding carboxylic acids is 1. The largest absolute Gasteiger partial charge is 0.515 e. The van der Waals surface area contributed by atoms with Crippen molar-refractivity contribution in [3.05, 3.63) is 54.3 Å². The van der Waals surface area contributed by atoms with E-state index in [1.54, 1.807) is 7.11 Å². The molecule has 20 heavy (non-hydrogen) atoms. The lowest BCUT2D eigenvalue weighted by molar-refractivity contribution is -0.110. The molecular formula is C16H13NO3. The second-order valence-electron chi connectivity index (χ2n) is 4.49. The van der Waals surface area contributed by atoms with Crippen molar-refractivity contribution in [2.75, 3.05) is 12.4 Å². The van der Waals surface area contributed by atoms with Crippen LogP contribution in [0, 0.1) is 0 Å². The van der Waals surface area contributed by atoms with E-state index in [-0.39, 0.29) is 11.5 Å². The number of carbonyl (C=O) groups is 1. The van der Waals surface area contributed by atoms with Gasteiger partial charge in [-0.15, -0.1) is 0 Å². The van der Waals surface area contributed by atoms with Crippen LogP contribution in [0.2, 0.25) is 0 Å². The van der Waals surface area contributed by atoms with Crippen molar-refractivity contribution >= 4 is 17.2 Å². The average Bonchev–Trinajstić information content (AvgIpc) is 2.81. The van der Waals surface area contributed by atoms with Crippen LogP contribution in [-0.2, 0) is 4.79 Å². The van der Waals surface area contributed by atoms with Crippen LogP contribution in [0.5, 0.6) is 5.75 Å². The molecule has 0 aromatic heterocycles. The fourth-order valence-corrected chi connectivity index (χ4v) is 2.30. The van der Waals surface area contributed by atoms with Crippen molar-refractivity contribution in [2.45, 2.75) is 0 Å². The highest BCUT2D eigenvalue weighted by Gasteiger charge is 2.24. The third-order valence-corrected chi connectivity index (χ3v) is 3.33. The van der Waals surface area contributed by atoms with E-state index in [4.69, 9.17) is 9.84 Å². The van der Waals surface area contributed by atoms with E-state index in [2.05, 4.69) is 5.32 Å². The lowest BCUT2D eigenvalue weighted by Crippen LogP contribution is -2.03. The van der Waals surface area contributed by atoms with Gasteiger partial charge in [-0.25, -0.2) is 0 Å². The number of anilines is 1. The Hall–Kier alpha value is -2.75. The number of amides is 1. The summed E-state index contributed by atoms with van der Waals surface area (Å²) in [4.78, 5) is 11.7. The number of fused-ring (bicyclic) bond motifs is 1. The zero-order valence-corrected chi connectivity index (χ0v) is 10.9. The lowest BCUT2D eigenvalue weighted by atomic mass is 10.0. The smallest absolute Gasteiger partial charge is 0.259 e. The fraction of sp³-hybridized carbons (Fsp3) is 0.0625. The Balaban J connectivity index is 2.06. The molecule has 100 valence electrons. The van der Waals surface area contributed by atoms with Gasteiger partial charge < -0.3 is 15.2 Å². The molecule has 2 N–H and O–H groups in total. The van der Waals surface area contributed by atoms with Crippen molar-refractivity contribution in [3.8, 4) is 16.9 Å². The third kappa shape index (κ3) is 1.91. The molecule has 0 atom stereocenters. The number of hydrogen-bond acceptors (Lipinski definition) is 3. The Morgan fingerprint density at radius 2 is 1.95 bits per heavy atom. The molecule has 0 aliphatic carbocycles. The lowest BCUT2D eigenvalue weighted by Gasteiger charge is -2.06. The molecule has 2 aromatic carbocycles. The van der Waals surface area contributed by atoms with E-state index < -0.39 is 0 Å². The Kier molecular flexibility index (Phi) is 2.91. The Labute approximate surface area is 116 Å². The first-order valence-electron chi connectivity index (χ1n) is 6.17. The Morgan fingerprint density at radius 1 is 1.15 bits per heavy atom. The van der Waals surface area contributed by atoms with Crippen LogP contribution in [-0.4, -0.2) is 18.1 Å². The standard InChI is InChI=1S/C16H13NO3/c1-20-12-4-2-3-10(7-12)11-5-6-13-14(9-18)16(19)17-15(13)8-11/h2-9,18H,1H3,(H,17,19)/b14-9-. The molecule has 0 saturated carbocycles. The van der Waals surface area contributed by atoms with Crippen LogP contribution in [0.25, 0.3) is 16.7 Å². The molecule has 0 unspecified atom stereocenters. The first kappa shape index (κ1) is 12.3. The molecule has 4 nitrogen and oxygen atoms in total. The van der Waals surface area contributed by atoms with Gasteiger partial charge >= 0.3 is 0 Å². The van der Waals surface area contributed by atoms with Gasteiger partial charge in [-0.05, 0) is 29.3 Å². The monoisotopic (exact) mass is 267 g/mol. The van der Waals surface area contributed by atoms with E-state index >= 15 is 0 Å². The molecule has 3 rings (SSSR count). The summed E-state index contributed by atoms with van der Waals surface area (Å²) in [6.45, 7) is 0. The highest BCUT2D eigenvalue weighted by molar-refractivity contribution is 6.31. The molecule has 0 saturated heterocycles. The van der Waals surface area contributed by atoms with Gasteiger partial charge in [-0.3, -0.25) is 4.79 Å². The summed E-state index contributed by atoms with van der Waals surface area (Å²) in [7, 11) is 1.63. The third-order valence-electron chi connectivity index (χ3n) is 3.33. The first-order chi connectivity index (χ1) is 9.72. The van der Waals surface area contributed by atoms with Crippen molar-refractivity contribution < 1.29 is 14.6 Å². The van der Waals surface area contributed by atoms with E-state index in [0.29, 0.717) is 11.3 Å². The van der Waals surface area contributed by atoms with Gasteiger partial charge in [0.05, 0.1) is 18.9 Å². The second kappa shape index (κ2) is 4.74. The van der Waals surface area contributed by atoms with Gasteiger partial charge in [-0.2, -0.15) is 0 Å². The van der Waals surface area contributed by atoms with Gasteiger partial charge in [0.15, 0.2) is 0 Å². The number of nitrogens with one attached hydrogen (secondary N) is 1. The van der Waals surface area contributed by atoms with Crippen LogP contribution in [0.1, 0.15) is 5.56 Å². The summed E-state index contributed by atoms with van der Waals surface area (Å²) in [6, 6.07) is 13.3. The van der Waals surface area contributed by atoms with Crippen LogP contribution in [0.4, 0.5) is 5.69 Å². The predicted octanol–water partition coefficient (Wildman–Crippen LogP) is 3.21. The Morgan fingerprint density at radius 3 is 2.70 bits per heavy atom. The van der Waals surface area contributed by atoms with Crippen molar-refractivity contribution in [1.82, 2.24) is 0 Å². The molecule has 4 heteroatoms. The summed E-state index contributed by atoms with van der Waals surface area (Å²) in [5.41, 5.74) is 3.68. The summed E-state index contributed by atoms with van der Waals surface area (Å²) in [5.74, 6) is 0.494. The van der Waals surface area contributed by atoms with E-state index in [9.17, 15) is 4.79 Å². The van der Waals surface area contributed by atoms with Gasteiger partial charge in [0, 0.05) is 11.3 Å².